The van der Waals surface area contributed by atoms with Gasteiger partial charge in [-0.05, 0) is 11.4 Å². The van der Waals surface area contributed by atoms with Crippen LogP contribution in [0.3, 0.4) is 0 Å². The average Bonchev–Trinajstić information content (AvgIpc) is 2.86. The van der Waals surface area contributed by atoms with Crippen molar-refractivity contribution in [3.8, 4) is 0 Å². The summed E-state index contributed by atoms with van der Waals surface area (Å²) in [6.07, 6.45) is 0. The van der Waals surface area contributed by atoms with Crippen molar-refractivity contribution in [3.63, 3.8) is 0 Å². The number of carbonyl (C=O) groups is 1. The fourth-order valence-electron chi connectivity index (χ4n) is 1.31. The second kappa shape index (κ2) is 6.39. The molecule has 2 aromatic rings. The molecule has 1 amide bonds. The highest BCUT2D eigenvalue weighted by molar-refractivity contribution is 7.99. The minimum Gasteiger partial charge on any atom is -0.383 e. The number of hydrogen-bond acceptors (Lipinski definition) is 7. The zero-order chi connectivity index (χ0) is 13.7. The highest BCUT2D eigenvalue weighted by Gasteiger charge is 2.06. The van der Waals surface area contributed by atoms with Crippen LogP contribution in [0.2, 0.25) is 0 Å². The van der Waals surface area contributed by atoms with Crippen molar-refractivity contribution in [1.29, 1.82) is 0 Å². The third kappa shape index (κ3) is 4.42. The summed E-state index contributed by atoms with van der Waals surface area (Å²) in [4.78, 5) is 20.7. The SMILES string of the molecule is Nc1cc(N)nc(SCC(=O)NCc2cccs2)n1. The van der Waals surface area contributed by atoms with Crippen LogP contribution in [0, 0.1) is 0 Å². The standard InChI is InChI=1S/C11H13N5OS2/c12-8-4-9(13)16-11(15-8)19-6-10(17)14-5-7-2-1-3-18-7/h1-4H,5-6H2,(H,14,17)(H4,12,13,15,16). The first-order valence-electron chi connectivity index (χ1n) is 5.45. The number of anilines is 2. The van der Waals surface area contributed by atoms with E-state index in [-0.39, 0.29) is 11.7 Å². The van der Waals surface area contributed by atoms with Gasteiger partial charge < -0.3 is 16.8 Å². The normalized spacial score (nSPS) is 10.3. The maximum absolute atomic E-state index is 11.6. The van der Waals surface area contributed by atoms with E-state index in [1.165, 1.54) is 17.8 Å². The van der Waals surface area contributed by atoms with E-state index in [1.54, 1.807) is 11.3 Å². The molecule has 2 rings (SSSR count). The summed E-state index contributed by atoms with van der Waals surface area (Å²) in [6.45, 7) is 0.539. The average molecular weight is 295 g/mol. The van der Waals surface area contributed by atoms with Gasteiger partial charge in [0.1, 0.15) is 11.6 Å². The number of carbonyl (C=O) groups excluding carboxylic acids is 1. The number of hydrogen-bond donors (Lipinski definition) is 3. The molecule has 0 bridgehead atoms. The Bertz CT molecular complexity index is 538. The van der Waals surface area contributed by atoms with Crippen LogP contribution in [0.1, 0.15) is 4.88 Å². The van der Waals surface area contributed by atoms with Crippen molar-refractivity contribution in [2.24, 2.45) is 0 Å². The van der Waals surface area contributed by atoms with Crippen molar-refractivity contribution in [1.82, 2.24) is 15.3 Å². The monoisotopic (exact) mass is 295 g/mol. The number of nitrogens with zero attached hydrogens (tertiary/aromatic N) is 2. The Kier molecular flexibility index (Phi) is 4.58. The van der Waals surface area contributed by atoms with Gasteiger partial charge in [0.05, 0.1) is 12.3 Å². The van der Waals surface area contributed by atoms with E-state index in [9.17, 15) is 4.79 Å². The van der Waals surface area contributed by atoms with Gasteiger partial charge >= 0.3 is 0 Å². The predicted octanol–water partition coefficient (Wildman–Crippen LogP) is 1.11. The molecule has 0 radical (unpaired) electrons. The smallest absolute Gasteiger partial charge is 0.230 e. The van der Waals surface area contributed by atoms with Gasteiger partial charge in [0.25, 0.3) is 0 Å². The maximum Gasteiger partial charge on any atom is 0.230 e. The lowest BCUT2D eigenvalue weighted by Crippen LogP contribution is -2.24. The molecule has 0 aliphatic rings. The fourth-order valence-corrected chi connectivity index (χ4v) is 2.65. The quantitative estimate of drug-likeness (QED) is 0.563. The Hall–Kier alpha value is -1.80. The molecule has 2 aromatic heterocycles. The van der Waals surface area contributed by atoms with Crippen LogP contribution in [0.5, 0.6) is 0 Å². The van der Waals surface area contributed by atoms with Crippen molar-refractivity contribution >= 4 is 40.6 Å². The number of rotatable bonds is 5. The summed E-state index contributed by atoms with van der Waals surface area (Å²) >= 11 is 2.81. The van der Waals surface area contributed by atoms with Crippen molar-refractivity contribution < 1.29 is 4.79 Å². The molecule has 0 aromatic carbocycles. The number of amides is 1. The van der Waals surface area contributed by atoms with Gasteiger partial charge in [-0.3, -0.25) is 4.79 Å². The summed E-state index contributed by atoms with van der Waals surface area (Å²) < 4.78 is 0. The minimum absolute atomic E-state index is 0.0806. The van der Waals surface area contributed by atoms with Gasteiger partial charge in [-0.1, -0.05) is 17.8 Å². The molecule has 8 heteroatoms. The summed E-state index contributed by atoms with van der Waals surface area (Å²) in [7, 11) is 0. The first-order chi connectivity index (χ1) is 9.13. The topological polar surface area (TPSA) is 107 Å². The Morgan fingerprint density at radius 1 is 1.37 bits per heavy atom. The predicted molar refractivity (Wildman–Crippen MR) is 77.7 cm³/mol. The third-order valence-corrected chi connectivity index (χ3v) is 3.84. The van der Waals surface area contributed by atoms with E-state index < -0.39 is 0 Å². The number of thioether (sulfide) groups is 1. The summed E-state index contributed by atoms with van der Waals surface area (Å²) in [5.74, 6) is 0.750. The highest BCUT2D eigenvalue weighted by atomic mass is 32.2. The molecule has 0 aliphatic carbocycles. The van der Waals surface area contributed by atoms with Gasteiger partial charge in [-0.2, -0.15) is 0 Å². The zero-order valence-electron chi connectivity index (χ0n) is 10.00. The highest BCUT2D eigenvalue weighted by Crippen LogP contribution is 2.16. The second-order valence-corrected chi connectivity index (χ2v) is 5.62. The van der Waals surface area contributed by atoms with E-state index in [0.717, 1.165) is 4.88 Å². The third-order valence-electron chi connectivity index (χ3n) is 2.12. The van der Waals surface area contributed by atoms with Gasteiger partial charge in [-0.25, -0.2) is 9.97 Å². The van der Waals surface area contributed by atoms with Crippen molar-refractivity contribution in [3.05, 3.63) is 28.5 Å². The van der Waals surface area contributed by atoms with E-state index >= 15 is 0 Å². The molecular formula is C11H13N5OS2. The number of nitrogens with two attached hydrogens (primary N) is 2. The fraction of sp³-hybridized carbons (Fsp3) is 0.182. The van der Waals surface area contributed by atoms with Gasteiger partial charge in [0.15, 0.2) is 5.16 Å². The maximum atomic E-state index is 11.6. The van der Waals surface area contributed by atoms with Crippen molar-refractivity contribution in [2.75, 3.05) is 17.2 Å². The van der Waals surface area contributed by atoms with Crippen LogP contribution in [-0.4, -0.2) is 21.6 Å². The largest absolute Gasteiger partial charge is 0.383 e. The summed E-state index contributed by atoms with van der Waals surface area (Å²) in [5, 5.41) is 5.20. The number of thiophene rings is 1. The number of nitrogen functional groups attached to an aromatic ring is 2. The number of aromatic nitrogens is 2. The Balaban J connectivity index is 1.79. The molecule has 0 aliphatic heterocycles. The van der Waals surface area contributed by atoms with Crippen LogP contribution in [0.15, 0.2) is 28.7 Å². The van der Waals surface area contributed by atoms with E-state index in [2.05, 4.69) is 15.3 Å². The van der Waals surface area contributed by atoms with Crippen LogP contribution in [0.25, 0.3) is 0 Å². The minimum atomic E-state index is -0.0806. The molecule has 0 fully saturated rings. The van der Waals surface area contributed by atoms with Crippen LogP contribution < -0.4 is 16.8 Å². The van der Waals surface area contributed by atoms with Gasteiger partial charge in [0.2, 0.25) is 5.91 Å². The lowest BCUT2D eigenvalue weighted by molar-refractivity contribution is -0.118. The summed E-state index contributed by atoms with van der Waals surface area (Å²) in [6, 6.07) is 5.39. The molecule has 100 valence electrons. The molecule has 6 nitrogen and oxygen atoms in total. The second-order valence-electron chi connectivity index (χ2n) is 3.65. The Labute approximate surface area is 118 Å². The zero-order valence-corrected chi connectivity index (χ0v) is 11.6. The van der Waals surface area contributed by atoms with E-state index in [0.29, 0.717) is 23.3 Å². The molecular weight excluding hydrogens is 282 g/mol. The molecule has 2 heterocycles. The number of nitrogens with one attached hydrogen (secondary N) is 1. The summed E-state index contributed by atoms with van der Waals surface area (Å²) in [5.41, 5.74) is 11.1. The molecule has 0 saturated heterocycles. The molecule has 0 atom stereocenters. The van der Waals surface area contributed by atoms with Crippen LogP contribution in [-0.2, 0) is 11.3 Å². The molecule has 0 unspecified atom stereocenters. The van der Waals surface area contributed by atoms with Gasteiger partial charge in [0, 0.05) is 10.9 Å². The first kappa shape index (κ1) is 13.6. The first-order valence-corrected chi connectivity index (χ1v) is 7.32. The molecule has 0 spiro atoms. The molecule has 19 heavy (non-hydrogen) atoms. The molecule has 0 saturated carbocycles. The lowest BCUT2D eigenvalue weighted by atomic mass is 10.4. The van der Waals surface area contributed by atoms with Crippen LogP contribution in [0.4, 0.5) is 11.6 Å². The van der Waals surface area contributed by atoms with Crippen LogP contribution >= 0.6 is 23.1 Å². The Morgan fingerprint density at radius 3 is 2.74 bits per heavy atom. The van der Waals surface area contributed by atoms with Crippen molar-refractivity contribution in [2.45, 2.75) is 11.7 Å². The molecule has 5 N–H and O–H groups in total. The Morgan fingerprint density at radius 2 is 2.11 bits per heavy atom. The lowest BCUT2D eigenvalue weighted by Gasteiger charge is -2.04. The van der Waals surface area contributed by atoms with Gasteiger partial charge in [-0.15, -0.1) is 11.3 Å². The van der Waals surface area contributed by atoms with E-state index in [1.807, 2.05) is 17.5 Å². The van der Waals surface area contributed by atoms with E-state index in [4.69, 9.17) is 11.5 Å².